The average molecular weight is 263 g/mol. The zero-order valence-corrected chi connectivity index (χ0v) is 10.8. The van der Waals surface area contributed by atoms with Crippen molar-refractivity contribution in [1.29, 1.82) is 0 Å². The summed E-state index contributed by atoms with van der Waals surface area (Å²) in [6.07, 6.45) is 6.66. The zero-order chi connectivity index (χ0) is 13.8. The van der Waals surface area contributed by atoms with E-state index in [2.05, 4.69) is 11.4 Å². The molecule has 5 nitrogen and oxygen atoms in total. The number of furan rings is 1. The molecule has 0 spiro atoms. The van der Waals surface area contributed by atoms with E-state index in [1.165, 1.54) is 6.07 Å². The maximum absolute atomic E-state index is 11.9. The molecule has 1 atom stereocenters. The Morgan fingerprint density at radius 2 is 2.26 bits per heavy atom. The molecule has 5 heteroatoms. The molecule has 2 rings (SSSR count). The fourth-order valence-corrected chi connectivity index (χ4v) is 2.19. The topological polar surface area (TPSA) is 79.5 Å². The van der Waals surface area contributed by atoms with Crippen LogP contribution in [0.15, 0.2) is 22.6 Å². The maximum atomic E-state index is 11.9. The Hall–Kier alpha value is -2.04. The van der Waals surface area contributed by atoms with Gasteiger partial charge in [-0.25, -0.2) is 4.79 Å². The molecular weight excluding hydrogens is 246 g/mol. The molecule has 19 heavy (non-hydrogen) atoms. The van der Waals surface area contributed by atoms with Crippen LogP contribution in [-0.4, -0.2) is 17.0 Å². The summed E-state index contributed by atoms with van der Waals surface area (Å²) in [5, 5.41) is 11.7. The number of carboxylic acid groups (broad SMARTS) is 1. The predicted octanol–water partition coefficient (Wildman–Crippen LogP) is 2.26. The largest absolute Gasteiger partial charge is 0.478 e. The highest BCUT2D eigenvalue weighted by Gasteiger charge is 2.19. The summed E-state index contributed by atoms with van der Waals surface area (Å²) in [6.45, 7) is 1.83. The van der Waals surface area contributed by atoms with Crippen LogP contribution in [0.25, 0.3) is 0 Å². The number of aryl methyl sites for hydroxylation is 1. The molecule has 0 aromatic carbocycles. The molecule has 0 bridgehead atoms. The van der Waals surface area contributed by atoms with Crippen molar-refractivity contribution < 1.29 is 19.1 Å². The molecule has 0 saturated heterocycles. The van der Waals surface area contributed by atoms with Crippen molar-refractivity contribution in [2.75, 3.05) is 0 Å². The molecule has 2 N–H and O–H groups in total. The molecule has 1 aromatic heterocycles. The van der Waals surface area contributed by atoms with Gasteiger partial charge in [0.2, 0.25) is 5.91 Å². The first-order chi connectivity index (χ1) is 9.08. The van der Waals surface area contributed by atoms with Gasteiger partial charge in [-0.3, -0.25) is 4.79 Å². The normalized spacial score (nSPS) is 18.3. The van der Waals surface area contributed by atoms with Gasteiger partial charge >= 0.3 is 5.97 Å². The molecular formula is C14H17NO4. The number of amides is 1. The minimum atomic E-state index is -1.02. The van der Waals surface area contributed by atoms with Crippen LogP contribution in [0.1, 0.15) is 41.1 Å². The van der Waals surface area contributed by atoms with Crippen molar-refractivity contribution in [3.8, 4) is 0 Å². The lowest BCUT2D eigenvalue weighted by Gasteiger charge is -2.16. The SMILES string of the molecule is Cc1oc(CNC(=O)[C@H]2CC=CCC2)cc1C(=O)O. The lowest BCUT2D eigenvalue weighted by molar-refractivity contribution is -0.125. The Morgan fingerprint density at radius 3 is 2.84 bits per heavy atom. The minimum absolute atomic E-state index is 0.00437. The van der Waals surface area contributed by atoms with E-state index in [9.17, 15) is 9.59 Å². The zero-order valence-electron chi connectivity index (χ0n) is 10.8. The fourth-order valence-electron chi connectivity index (χ4n) is 2.19. The van der Waals surface area contributed by atoms with Gasteiger partial charge in [0.25, 0.3) is 0 Å². The van der Waals surface area contributed by atoms with E-state index in [4.69, 9.17) is 9.52 Å². The van der Waals surface area contributed by atoms with E-state index in [-0.39, 0.29) is 23.9 Å². The smallest absolute Gasteiger partial charge is 0.339 e. The summed E-state index contributed by atoms with van der Waals surface area (Å²) in [5.74, 6) is -0.182. The van der Waals surface area contributed by atoms with Gasteiger partial charge in [-0.1, -0.05) is 12.2 Å². The molecule has 0 aliphatic heterocycles. The standard InChI is InChI=1S/C14H17NO4/c1-9-12(14(17)18)7-11(19-9)8-15-13(16)10-5-3-2-4-6-10/h2-3,7,10H,4-6,8H2,1H3,(H,15,16)(H,17,18)/t10-/m0/s1. The van der Waals surface area contributed by atoms with Crippen molar-refractivity contribution >= 4 is 11.9 Å². The molecule has 0 saturated carbocycles. The van der Waals surface area contributed by atoms with Crippen molar-refractivity contribution in [2.45, 2.75) is 32.7 Å². The third-order valence-corrected chi connectivity index (χ3v) is 3.28. The summed E-state index contributed by atoms with van der Waals surface area (Å²) < 4.78 is 5.30. The molecule has 102 valence electrons. The first-order valence-electron chi connectivity index (χ1n) is 6.33. The highest BCUT2D eigenvalue weighted by Crippen LogP contribution is 2.19. The number of hydrogen-bond donors (Lipinski definition) is 2. The number of carbonyl (C=O) groups excluding carboxylic acids is 1. The first kappa shape index (κ1) is 13.4. The molecule has 0 fully saturated rings. The summed E-state index contributed by atoms with van der Waals surface area (Å²) in [7, 11) is 0. The van der Waals surface area contributed by atoms with Crippen LogP contribution in [0, 0.1) is 12.8 Å². The van der Waals surface area contributed by atoms with Gasteiger partial charge in [0.1, 0.15) is 17.1 Å². The Morgan fingerprint density at radius 1 is 1.47 bits per heavy atom. The van der Waals surface area contributed by atoms with Crippen LogP contribution in [0.5, 0.6) is 0 Å². The van der Waals surface area contributed by atoms with Gasteiger partial charge in [-0.05, 0) is 32.3 Å². The second-order valence-electron chi connectivity index (χ2n) is 4.69. The predicted molar refractivity (Wildman–Crippen MR) is 68.7 cm³/mol. The van der Waals surface area contributed by atoms with Gasteiger partial charge < -0.3 is 14.8 Å². The molecule has 1 amide bonds. The first-order valence-corrected chi connectivity index (χ1v) is 6.33. The van der Waals surface area contributed by atoms with E-state index < -0.39 is 5.97 Å². The number of carbonyl (C=O) groups is 2. The maximum Gasteiger partial charge on any atom is 0.339 e. The van der Waals surface area contributed by atoms with Crippen molar-refractivity contribution in [3.05, 3.63) is 35.3 Å². The minimum Gasteiger partial charge on any atom is -0.478 e. The summed E-state index contributed by atoms with van der Waals surface area (Å²) in [4.78, 5) is 22.8. The van der Waals surface area contributed by atoms with Crippen molar-refractivity contribution in [1.82, 2.24) is 5.32 Å². The van der Waals surface area contributed by atoms with Gasteiger partial charge in [-0.2, -0.15) is 0 Å². The lowest BCUT2D eigenvalue weighted by Crippen LogP contribution is -2.30. The number of allylic oxidation sites excluding steroid dienone is 2. The summed E-state index contributed by atoms with van der Waals surface area (Å²) in [5.41, 5.74) is 0.143. The Balaban J connectivity index is 1.91. The Bertz CT molecular complexity index is 516. The number of nitrogens with one attached hydrogen (secondary N) is 1. The second-order valence-corrected chi connectivity index (χ2v) is 4.69. The highest BCUT2D eigenvalue weighted by molar-refractivity contribution is 5.88. The van der Waals surface area contributed by atoms with Crippen LogP contribution in [0.4, 0.5) is 0 Å². The molecule has 1 aliphatic carbocycles. The van der Waals surface area contributed by atoms with Crippen LogP contribution in [0.3, 0.4) is 0 Å². The highest BCUT2D eigenvalue weighted by atomic mass is 16.4. The fraction of sp³-hybridized carbons (Fsp3) is 0.429. The van der Waals surface area contributed by atoms with E-state index in [1.807, 2.05) is 6.08 Å². The third kappa shape index (κ3) is 3.24. The van der Waals surface area contributed by atoms with Gasteiger partial charge in [0.15, 0.2) is 0 Å². The molecule has 0 radical (unpaired) electrons. The quantitative estimate of drug-likeness (QED) is 0.816. The van der Waals surface area contributed by atoms with Crippen LogP contribution >= 0.6 is 0 Å². The van der Waals surface area contributed by atoms with Gasteiger partial charge in [-0.15, -0.1) is 0 Å². The van der Waals surface area contributed by atoms with Gasteiger partial charge in [0, 0.05) is 5.92 Å². The number of rotatable bonds is 4. The molecule has 0 unspecified atom stereocenters. The van der Waals surface area contributed by atoms with Crippen LogP contribution in [-0.2, 0) is 11.3 Å². The molecule has 1 heterocycles. The Kier molecular flexibility index (Phi) is 4.04. The van der Waals surface area contributed by atoms with Crippen LogP contribution in [0.2, 0.25) is 0 Å². The van der Waals surface area contributed by atoms with Gasteiger partial charge in [0.05, 0.1) is 6.54 Å². The van der Waals surface area contributed by atoms with E-state index in [1.54, 1.807) is 6.92 Å². The molecule has 1 aromatic rings. The van der Waals surface area contributed by atoms with E-state index in [0.29, 0.717) is 11.5 Å². The van der Waals surface area contributed by atoms with E-state index in [0.717, 1.165) is 19.3 Å². The van der Waals surface area contributed by atoms with E-state index >= 15 is 0 Å². The van der Waals surface area contributed by atoms with Crippen LogP contribution < -0.4 is 5.32 Å². The molecule has 1 aliphatic rings. The monoisotopic (exact) mass is 263 g/mol. The van der Waals surface area contributed by atoms with Crippen molar-refractivity contribution in [2.24, 2.45) is 5.92 Å². The van der Waals surface area contributed by atoms with Crippen molar-refractivity contribution in [3.63, 3.8) is 0 Å². The number of hydrogen-bond acceptors (Lipinski definition) is 3. The lowest BCUT2D eigenvalue weighted by atomic mass is 9.94. The summed E-state index contributed by atoms with van der Waals surface area (Å²) in [6, 6.07) is 1.46. The number of carboxylic acids is 1. The Labute approximate surface area is 111 Å². The second kappa shape index (κ2) is 5.73. The third-order valence-electron chi connectivity index (χ3n) is 3.28. The number of aromatic carboxylic acids is 1. The summed E-state index contributed by atoms with van der Waals surface area (Å²) >= 11 is 0. The average Bonchev–Trinajstić information content (AvgIpc) is 2.78.